The Morgan fingerprint density at radius 3 is 1.49 bits per heavy atom. The van der Waals surface area contributed by atoms with Crippen LogP contribution in [0.25, 0.3) is 0 Å². The minimum absolute atomic E-state index is 0.0571. The van der Waals surface area contributed by atoms with E-state index in [0.717, 1.165) is 38.5 Å². The summed E-state index contributed by atoms with van der Waals surface area (Å²) in [4.78, 5) is 34.4. The fourth-order valence-electron chi connectivity index (χ4n) is 4.52. The summed E-state index contributed by atoms with van der Waals surface area (Å²) in [5, 5.41) is 0. The molecule has 9 nitrogen and oxygen atoms in total. The van der Waals surface area contributed by atoms with Crippen LogP contribution in [0.2, 0.25) is 0 Å². The van der Waals surface area contributed by atoms with Crippen LogP contribution in [-0.2, 0) is 32.7 Å². The van der Waals surface area contributed by atoms with E-state index >= 15 is 0 Å². The molecule has 0 aromatic heterocycles. The normalized spacial score (nSPS) is 13.6. The van der Waals surface area contributed by atoms with Crippen molar-refractivity contribution in [2.45, 2.75) is 161 Å². The summed E-state index contributed by atoms with van der Waals surface area (Å²) >= 11 is 0. The standard InChI is InChI=1S/C31H62NO8P/c1-3-5-7-9-11-12-13-14-15-16-18-19-21-23-30(33)37-27-29(28-39-41(35,36)38-26-25-32)40-31(34)24-22-20-17-10-8-6-4-2/h29H,3-28,32H2,1-2H3,(H,35,36)/t29-/m0/s1. The summed E-state index contributed by atoms with van der Waals surface area (Å²) < 4.78 is 32.4. The molecule has 244 valence electrons. The van der Waals surface area contributed by atoms with Gasteiger partial charge in [-0.3, -0.25) is 18.6 Å². The van der Waals surface area contributed by atoms with E-state index in [4.69, 9.17) is 24.3 Å². The molecular weight excluding hydrogens is 545 g/mol. The first-order valence-corrected chi connectivity index (χ1v) is 18.0. The Kier molecular flexibility index (Phi) is 28.4. The minimum Gasteiger partial charge on any atom is -0.462 e. The zero-order chi connectivity index (χ0) is 30.4. The molecule has 0 aromatic rings. The van der Waals surface area contributed by atoms with Crippen molar-refractivity contribution < 1.29 is 37.6 Å². The number of unbranched alkanes of at least 4 members (excludes halogenated alkanes) is 18. The molecule has 41 heavy (non-hydrogen) atoms. The summed E-state index contributed by atoms with van der Waals surface area (Å²) in [6.07, 6.45) is 23.0. The van der Waals surface area contributed by atoms with Gasteiger partial charge in [-0.05, 0) is 12.8 Å². The molecule has 0 amide bonds. The zero-order valence-electron chi connectivity index (χ0n) is 26.3. The van der Waals surface area contributed by atoms with Crippen molar-refractivity contribution in [1.29, 1.82) is 0 Å². The number of rotatable bonds is 31. The molecule has 0 aliphatic rings. The smallest absolute Gasteiger partial charge is 0.462 e. The number of carbonyl (C=O) groups excluding carboxylic acids is 2. The van der Waals surface area contributed by atoms with Gasteiger partial charge in [-0.2, -0.15) is 0 Å². The topological polar surface area (TPSA) is 134 Å². The number of phosphoric acid groups is 1. The van der Waals surface area contributed by atoms with E-state index in [0.29, 0.717) is 6.42 Å². The molecule has 0 saturated heterocycles. The number of esters is 2. The van der Waals surface area contributed by atoms with Gasteiger partial charge in [0, 0.05) is 19.4 Å². The lowest BCUT2D eigenvalue weighted by molar-refractivity contribution is -0.161. The summed E-state index contributed by atoms with van der Waals surface area (Å²) in [7, 11) is -4.35. The fourth-order valence-corrected chi connectivity index (χ4v) is 5.28. The SMILES string of the molecule is CCCCCCCCCCCCCCCC(=O)OC[C@@H](COP(=O)(O)OCCN)OC(=O)CCCCCCCCC. The van der Waals surface area contributed by atoms with E-state index in [1.165, 1.54) is 83.5 Å². The zero-order valence-corrected chi connectivity index (χ0v) is 27.2. The van der Waals surface area contributed by atoms with Crippen molar-refractivity contribution in [3.63, 3.8) is 0 Å². The third-order valence-electron chi connectivity index (χ3n) is 6.99. The molecule has 0 bridgehead atoms. The number of carbonyl (C=O) groups is 2. The highest BCUT2D eigenvalue weighted by Crippen LogP contribution is 2.43. The monoisotopic (exact) mass is 607 g/mol. The van der Waals surface area contributed by atoms with E-state index in [1.807, 2.05) is 0 Å². The van der Waals surface area contributed by atoms with Gasteiger partial charge in [0.1, 0.15) is 6.61 Å². The highest BCUT2D eigenvalue weighted by Gasteiger charge is 2.25. The van der Waals surface area contributed by atoms with E-state index in [1.54, 1.807) is 0 Å². The van der Waals surface area contributed by atoms with Crippen LogP contribution in [0.3, 0.4) is 0 Å². The highest BCUT2D eigenvalue weighted by atomic mass is 31.2. The van der Waals surface area contributed by atoms with Crippen molar-refractivity contribution in [2.24, 2.45) is 5.73 Å². The number of phosphoric ester groups is 1. The molecule has 10 heteroatoms. The van der Waals surface area contributed by atoms with Gasteiger partial charge < -0.3 is 20.1 Å². The Bertz CT molecular complexity index is 664. The molecule has 0 aliphatic carbocycles. The molecule has 0 radical (unpaired) electrons. The van der Waals surface area contributed by atoms with Gasteiger partial charge in [0.05, 0.1) is 13.2 Å². The number of nitrogens with two attached hydrogens (primary N) is 1. The molecule has 1 unspecified atom stereocenters. The summed E-state index contributed by atoms with van der Waals surface area (Å²) in [5.41, 5.74) is 5.30. The van der Waals surface area contributed by atoms with Crippen molar-refractivity contribution in [3.05, 3.63) is 0 Å². The average Bonchev–Trinajstić information content (AvgIpc) is 2.95. The molecule has 2 atom stereocenters. The van der Waals surface area contributed by atoms with Gasteiger partial charge in [-0.25, -0.2) is 4.57 Å². The second-order valence-electron chi connectivity index (χ2n) is 11.0. The fraction of sp³-hybridized carbons (Fsp3) is 0.935. The van der Waals surface area contributed by atoms with Gasteiger partial charge >= 0.3 is 19.8 Å². The number of hydrogen-bond acceptors (Lipinski definition) is 8. The first-order chi connectivity index (χ1) is 19.8. The molecule has 3 N–H and O–H groups in total. The molecule has 0 saturated carbocycles. The number of ether oxygens (including phenoxy) is 2. The predicted molar refractivity (Wildman–Crippen MR) is 165 cm³/mol. The second kappa shape index (κ2) is 29.1. The van der Waals surface area contributed by atoms with E-state index < -0.39 is 26.5 Å². The van der Waals surface area contributed by atoms with E-state index in [-0.39, 0.29) is 38.6 Å². The highest BCUT2D eigenvalue weighted by molar-refractivity contribution is 7.47. The molecule has 0 fully saturated rings. The maximum atomic E-state index is 12.3. The first kappa shape index (κ1) is 40.0. The summed E-state index contributed by atoms with van der Waals surface area (Å²) in [6, 6.07) is 0. The molecule has 0 rings (SSSR count). The van der Waals surface area contributed by atoms with Gasteiger partial charge in [-0.15, -0.1) is 0 Å². The van der Waals surface area contributed by atoms with E-state index in [2.05, 4.69) is 13.8 Å². The van der Waals surface area contributed by atoms with Crippen molar-refractivity contribution in [3.8, 4) is 0 Å². The Labute approximate surface area is 250 Å². The van der Waals surface area contributed by atoms with Gasteiger partial charge in [0.25, 0.3) is 0 Å². The van der Waals surface area contributed by atoms with Crippen molar-refractivity contribution >= 4 is 19.8 Å². The largest absolute Gasteiger partial charge is 0.472 e. The van der Waals surface area contributed by atoms with Crippen LogP contribution in [-0.4, -0.2) is 49.3 Å². The summed E-state index contributed by atoms with van der Waals surface area (Å²) in [6.45, 7) is 3.66. The molecule has 0 aromatic carbocycles. The van der Waals surface area contributed by atoms with Crippen LogP contribution < -0.4 is 5.73 Å². The lowest BCUT2D eigenvalue weighted by atomic mass is 10.0. The van der Waals surface area contributed by atoms with Crippen LogP contribution >= 0.6 is 7.82 Å². The first-order valence-electron chi connectivity index (χ1n) is 16.5. The molecule has 0 aliphatic heterocycles. The van der Waals surface area contributed by atoms with Gasteiger partial charge in [0.2, 0.25) is 0 Å². The Morgan fingerprint density at radius 1 is 0.634 bits per heavy atom. The third kappa shape index (κ3) is 28.9. The second-order valence-corrected chi connectivity index (χ2v) is 12.5. The molecular formula is C31H62NO8P. The maximum Gasteiger partial charge on any atom is 0.472 e. The third-order valence-corrected chi connectivity index (χ3v) is 7.98. The lowest BCUT2D eigenvalue weighted by Gasteiger charge is -2.19. The maximum absolute atomic E-state index is 12.3. The number of hydrogen-bond donors (Lipinski definition) is 2. The molecule has 0 spiro atoms. The van der Waals surface area contributed by atoms with Crippen LogP contribution in [0, 0.1) is 0 Å². The molecule has 0 heterocycles. The quantitative estimate of drug-likeness (QED) is 0.0454. The van der Waals surface area contributed by atoms with Crippen LogP contribution in [0.1, 0.15) is 155 Å². The summed E-state index contributed by atoms with van der Waals surface area (Å²) in [5.74, 6) is -0.830. The van der Waals surface area contributed by atoms with E-state index in [9.17, 15) is 19.0 Å². The van der Waals surface area contributed by atoms with Crippen LogP contribution in [0.15, 0.2) is 0 Å². The van der Waals surface area contributed by atoms with Crippen LogP contribution in [0.5, 0.6) is 0 Å². The van der Waals surface area contributed by atoms with Crippen molar-refractivity contribution in [1.82, 2.24) is 0 Å². The van der Waals surface area contributed by atoms with Crippen molar-refractivity contribution in [2.75, 3.05) is 26.4 Å². The minimum atomic E-state index is -4.35. The van der Waals surface area contributed by atoms with Crippen LogP contribution in [0.4, 0.5) is 0 Å². The lowest BCUT2D eigenvalue weighted by Crippen LogP contribution is -2.29. The average molecular weight is 608 g/mol. The Morgan fingerprint density at radius 2 is 1.05 bits per heavy atom. The van der Waals surface area contributed by atoms with Gasteiger partial charge in [-0.1, -0.05) is 129 Å². The Hall–Kier alpha value is -0.990. The Balaban J connectivity index is 4.21. The predicted octanol–water partition coefficient (Wildman–Crippen LogP) is 8.16. The van der Waals surface area contributed by atoms with Gasteiger partial charge in [0.15, 0.2) is 6.10 Å².